The van der Waals surface area contributed by atoms with Gasteiger partial charge in [-0.05, 0) is 118 Å². The second-order valence-electron chi connectivity index (χ2n) is 16.9. The first-order chi connectivity index (χ1) is 32.2. The molecule has 0 amide bonds. The number of hydrogen-bond donors (Lipinski definition) is 0. The van der Waals surface area contributed by atoms with Gasteiger partial charge in [-0.1, -0.05) is 140 Å². The Balaban J connectivity index is 1.01. The number of hydrogen-bond acceptors (Lipinski definition) is 2. The van der Waals surface area contributed by atoms with E-state index >= 15 is 0 Å². The van der Waals surface area contributed by atoms with E-state index in [0.717, 1.165) is 11.4 Å². The van der Waals surface area contributed by atoms with Crippen molar-refractivity contribution in [3.63, 3.8) is 0 Å². The molecular weight excluding hydrogens is 827 g/mol. The minimum Gasteiger partial charge on any atom is -0.309 e. The maximum absolute atomic E-state index is 2.47. The Morgan fingerprint density at radius 1 is 0.246 bits per heavy atom. The molecule has 0 fully saturated rings. The highest BCUT2D eigenvalue weighted by Gasteiger charge is 2.23. The van der Waals surface area contributed by atoms with Crippen LogP contribution in [-0.2, 0) is 0 Å². The van der Waals surface area contributed by atoms with Gasteiger partial charge in [0, 0.05) is 48.4 Å². The smallest absolute Gasteiger partial charge is 0.0711 e. The highest BCUT2D eigenvalue weighted by atomic mass is 32.1. The van der Waals surface area contributed by atoms with Crippen molar-refractivity contribution in [2.75, 3.05) is 0 Å². The highest BCUT2D eigenvalue weighted by Crippen LogP contribution is 2.48. The Hall–Kier alpha value is -7.96. The third kappa shape index (κ3) is 5.66. The normalized spacial score (nSPS) is 12.0. The van der Waals surface area contributed by atoms with Crippen molar-refractivity contribution in [1.82, 2.24) is 13.7 Å². The number of benzene rings is 9. The summed E-state index contributed by atoms with van der Waals surface area (Å²) >= 11 is 3.80. The molecule has 5 heterocycles. The molecule has 14 aromatic rings. The van der Waals surface area contributed by atoms with Crippen molar-refractivity contribution in [3.8, 4) is 49.1 Å². The van der Waals surface area contributed by atoms with Crippen LogP contribution in [0.5, 0.6) is 0 Å². The zero-order valence-corrected chi connectivity index (χ0v) is 36.7. The fraction of sp³-hybridized carbons (Fsp3) is 0. The maximum Gasteiger partial charge on any atom is 0.0711 e. The van der Waals surface area contributed by atoms with Gasteiger partial charge in [-0.15, -0.1) is 22.7 Å². The van der Waals surface area contributed by atoms with E-state index in [-0.39, 0.29) is 0 Å². The third-order valence-corrected chi connectivity index (χ3v) is 15.7. The molecule has 0 aliphatic heterocycles. The molecule has 0 saturated carbocycles. The van der Waals surface area contributed by atoms with Crippen molar-refractivity contribution in [3.05, 3.63) is 224 Å². The van der Waals surface area contributed by atoms with Crippen LogP contribution in [0.3, 0.4) is 0 Å². The first kappa shape index (κ1) is 36.5. The molecule has 0 aliphatic carbocycles. The molecule has 3 nitrogen and oxygen atoms in total. The Bertz CT molecular complexity index is 4150. The van der Waals surface area contributed by atoms with E-state index in [1.807, 2.05) is 22.7 Å². The van der Waals surface area contributed by atoms with E-state index in [2.05, 4.69) is 238 Å². The number of thiophene rings is 2. The summed E-state index contributed by atoms with van der Waals surface area (Å²) < 4.78 is 10.0. The summed E-state index contributed by atoms with van der Waals surface area (Å²) in [6, 6.07) is 82.5. The SMILES string of the molecule is c1ccc(-c2cc3c(s2)c2sc(-c4ccc5c(c4)c4cc6c(cc4n5-c4ccccc4)c4ccc(-c5ccc7ccccc7c5)cc4n6-c4ccccc4)cc2n3-c2ccccc2)cc1. The Morgan fingerprint density at radius 3 is 1.32 bits per heavy atom. The van der Waals surface area contributed by atoms with Crippen molar-refractivity contribution in [2.45, 2.75) is 0 Å². The summed E-state index contributed by atoms with van der Waals surface area (Å²) in [6.07, 6.45) is 0. The molecule has 0 N–H and O–H groups in total. The predicted molar refractivity (Wildman–Crippen MR) is 279 cm³/mol. The van der Waals surface area contributed by atoms with Crippen LogP contribution in [0.25, 0.3) is 124 Å². The minimum absolute atomic E-state index is 1.15. The molecule has 0 unspecified atom stereocenters. The van der Waals surface area contributed by atoms with E-state index in [0.29, 0.717) is 0 Å². The molecule has 0 bridgehead atoms. The van der Waals surface area contributed by atoms with E-state index < -0.39 is 0 Å². The molecule has 0 saturated heterocycles. The molecule has 0 atom stereocenters. The molecule has 5 aromatic heterocycles. The number of fused-ring (bicyclic) bond motifs is 10. The zero-order valence-electron chi connectivity index (χ0n) is 35.0. The van der Waals surface area contributed by atoms with Gasteiger partial charge in [-0.3, -0.25) is 0 Å². The lowest BCUT2D eigenvalue weighted by atomic mass is 10.00. The average Bonchev–Trinajstić information content (AvgIpc) is 4.19. The van der Waals surface area contributed by atoms with Crippen LogP contribution in [-0.4, -0.2) is 13.7 Å². The van der Waals surface area contributed by atoms with E-state index in [1.54, 1.807) is 0 Å². The average molecular weight is 864 g/mol. The van der Waals surface area contributed by atoms with Crippen LogP contribution in [0.15, 0.2) is 224 Å². The number of aromatic nitrogens is 3. The van der Waals surface area contributed by atoms with Gasteiger partial charge >= 0.3 is 0 Å². The lowest BCUT2D eigenvalue weighted by Gasteiger charge is -2.10. The molecule has 65 heavy (non-hydrogen) atoms. The van der Waals surface area contributed by atoms with Gasteiger partial charge in [0.1, 0.15) is 0 Å². The third-order valence-electron chi connectivity index (χ3n) is 13.2. The molecule has 0 aliphatic rings. The largest absolute Gasteiger partial charge is 0.309 e. The molecule has 0 spiro atoms. The molecule has 304 valence electrons. The fourth-order valence-electron chi connectivity index (χ4n) is 10.2. The van der Waals surface area contributed by atoms with Gasteiger partial charge < -0.3 is 13.7 Å². The summed E-state index contributed by atoms with van der Waals surface area (Å²) in [4.78, 5) is 2.55. The zero-order chi connectivity index (χ0) is 42.6. The van der Waals surface area contributed by atoms with E-state index in [4.69, 9.17) is 0 Å². The summed E-state index contributed by atoms with van der Waals surface area (Å²) in [5, 5.41) is 7.44. The standard InChI is InChI=1S/C60H37N3S2/c1-5-16-39(17-6-1)57-36-55-59(64-57)60-56(63(55)46-23-11-4-12-24-46)37-58(65-60)43-28-30-51-48(32-43)50-35-53-49(34-54(50)61(51)44-19-7-2-8-20-44)47-29-27-42(33-52(47)62(53)45-21-9-3-10-22-45)41-26-25-38-15-13-14-18-40(38)31-41/h1-37H. The van der Waals surface area contributed by atoms with Crippen molar-refractivity contribution >= 4 is 97.5 Å². The fourth-order valence-corrected chi connectivity index (χ4v) is 12.7. The van der Waals surface area contributed by atoms with Crippen LogP contribution < -0.4 is 0 Å². The lowest BCUT2D eigenvalue weighted by Crippen LogP contribution is -1.94. The summed E-state index contributed by atoms with van der Waals surface area (Å²) in [5.41, 5.74) is 15.7. The summed E-state index contributed by atoms with van der Waals surface area (Å²) in [7, 11) is 0. The van der Waals surface area contributed by atoms with Crippen LogP contribution in [0.1, 0.15) is 0 Å². The van der Waals surface area contributed by atoms with Gasteiger partial charge in [-0.25, -0.2) is 0 Å². The molecule has 9 aromatic carbocycles. The lowest BCUT2D eigenvalue weighted by molar-refractivity contribution is 1.17. The topological polar surface area (TPSA) is 14.8 Å². The van der Waals surface area contributed by atoms with Gasteiger partial charge in [0.2, 0.25) is 0 Å². The van der Waals surface area contributed by atoms with E-state index in [9.17, 15) is 0 Å². The number of rotatable bonds is 6. The van der Waals surface area contributed by atoms with Crippen LogP contribution in [0, 0.1) is 0 Å². The second kappa shape index (κ2) is 14.3. The van der Waals surface area contributed by atoms with Gasteiger partial charge in [0.15, 0.2) is 0 Å². The Kier molecular flexibility index (Phi) is 8.02. The summed E-state index contributed by atoms with van der Waals surface area (Å²) in [5.74, 6) is 0. The monoisotopic (exact) mass is 863 g/mol. The van der Waals surface area contributed by atoms with Crippen LogP contribution >= 0.6 is 22.7 Å². The number of para-hydroxylation sites is 3. The Morgan fingerprint density at radius 2 is 0.692 bits per heavy atom. The first-order valence-corrected chi connectivity index (χ1v) is 23.7. The Labute approximate surface area is 382 Å². The van der Waals surface area contributed by atoms with Crippen molar-refractivity contribution in [1.29, 1.82) is 0 Å². The maximum atomic E-state index is 2.47. The number of nitrogens with zero attached hydrogens (tertiary/aromatic N) is 3. The van der Waals surface area contributed by atoms with Crippen molar-refractivity contribution < 1.29 is 0 Å². The molecule has 0 radical (unpaired) electrons. The van der Waals surface area contributed by atoms with Gasteiger partial charge in [0.05, 0.1) is 42.5 Å². The van der Waals surface area contributed by atoms with E-state index in [1.165, 1.54) is 113 Å². The molecule has 14 rings (SSSR count). The van der Waals surface area contributed by atoms with Crippen molar-refractivity contribution in [2.24, 2.45) is 0 Å². The van der Waals surface area contributed by atoms with Gasteiger partial charge in [-0.2, -0.15) is 0 Å². The quantitative estimate of drug-likeness (QED) is 0.158. The molecular formula is C60H37N3S2. The van der Waals surface area contributed by atoms with Crippen LogP contribution in [0.4, 0.5) is 0 Å². The molecule has 5 heteroatoms. The second-order valence-corrected chi connectivity index (χ2v) is 19.0. The first-order valence-electron chi connectivity index (χ1n) is 22.1. The minimum atomic E-state index is 1.15. The highest BCUT2D eigenvalue weighted by molar-refractivity contribution is 7.30. The van der Waals surface area contributed by atoms with Gasteiger partial charge in [0.25, 0.3) is 0 Å². The van der Waals surface area contributed by atoms with Crippen LogP contribution in [0.2, 0.25) is 0 Å². The summed E-state index contributed by atoms with van der Waals surface area (Å²) in [6.45, 7) is 0. The predicted octanol–water partition coefficient (Wildman–Crippen LogP) is 17.3.